The summed E-state index contributed by atoms with van der Waals surface area (Å²) in [5.74, 6) is -1.00. The first-order valence-electron chi connectivity index (χ1n) is 10.3. The molecule has 4 nitrogen and oxygen atoms in total. The SMILES string of the molecule is O=C(Nc1ccccc1)N1CCC(C(O)(c2ccc(F)cc2)c2ccc(F)cc2)CC1. The second kappa shape index (κ2) is 8.86. The minimum atomic E-state index is -1.41. The van der Waals surface area contributed by atoms with E-state index in [1.807, 2.05) is 30.3 Å². The number of nitrogens with zero attached hydrogens (tertiary/aromatic N) is 1. The standard InChI is InChI=1S/C25H24F2N2O2/c26-21-10-6-18(7-11-21)25(31,19-8-12-22(27)13-9-19)20-14-16-29(17-15-20)24(30)28-23-4-2-1-3-5-23/h1-13,20,31H,14-17H2,(H,28,30). The zero-order valence-electron chi connectivity index (χ0n) is 17.0. The summed E-state index contributed by atoms with van der Waals surface area (Å²) in [5, 5.41) is 14.7. The van der Waals surface area contributed by atoms with Crippen LogP contribution in [0, 0.1) is 17.6 Å². The Morgan fingerprint density at radius 2 is 1.32 bits per heavy atom. The third-order valence-electron chi connectivity index (χ3n) is 5.97. The van der Waals surface area contributed by atoms with Gasteiger partial charge in [0.15, 0.2) is 0 Å². The molecule has 0 unspecified atom stereocenters. The van der Waals surface area contributed by atoms with Crippen LogP contribution < -0.4 is 5.32 Å². The molecule has 6 heteroatoms. The lowest BCUT2D eigenvalue weighted by Crippen LogP contribution is -2.47. The van der Waals surface area contributed by atoms with Gasteiger partial charge in [-0.05, 0) is 66.3 Å². The zero-order valence-corrected chi connectivity index (χ0v) is 17.0. The second-order valence-electron chi connectivity index (χ2n) is 7.84. The van der Waals surface area contributed by atoms with Gasteiger partial charge in [-0.25, -0.2) is 13.6 Å². The van der Waals surface area contributed by atoms with E-state index >= 15 is 0 Å². The zero-order chi connectivity index (χ0) is 21.8. The Morgan fingerprint density at radius 3 is 1.81 bits per heavy atom. The molecular weight excluding hydrogens is 398 g/mol. The fourth-order valence-electron chi connectivity index (χ4n) is 4.27. The van der Waals surface area contributed by atoms with Gasteiger partial charge in [0.25, 0.3) is 0 Å². The van der Waals surface area contributed by atoms with Crippen LogP contribution in [0.25, 0.3) is 0 Å². The number of para-hydroxylation sites is 1. The van der Waals surface area contributed by atoms with E-state index in [9.17, 15) is 18.7 Å². The maximum Gasteiger partial charge on any atom is 0.321 e. The molecule has 0 aromatic heterocycles. The number of aliphatic hydroxyl groups is 1. The number of carbonyl (C=O) groups excluding carboxylic acids is 1. The molecule has 1 saturated heterocycles. The van der Waals surface area contributed by atoms with E-state index in [1.165, 1.54) is 24.3 Å². The van der Waals surface area contributed by atoms with Crippen molar-refractivity contribution in [1.82, 2.24) is 4.90 Å². The third-order valence-corrected chi connectivity index (χ3v) is 5.97. The number of likely N-dealkylation sites (tertiary alicyclic amines) is 1. The van der Waals surface area contributed by atoms with Gasteiger partial charge in [-0.3, -0.25) is 0 Å². The molecule has 1 heterocycles. The molecular formula is C25H24F2N2O2. The van der Waals surface area contributed by atoms with Crippen LogP contribution in [0.5, 0.6) is 0 Å². The summed E-state index contributed by atoms with van der Waals surface area (Å²) in [7, 11) is 0. The molecule has 0 saturated carbocycles. The van der Waals surface area contributed by atoms with Crippen molar-refractivity contribution in [1.29, 1.82) is 0 Å². The number of urea groups is 1. The molecule has 2 amide bonds. The van der Waals surface area contributed by atoms with E-state index < -0.39 is 17.2 Å². The summed E-state index contributed by atoms with van der Waals surface area (Å²) in [6.07, 6.45) is 1.10. The van der Waals surface area contributed by atoms with E-state index in [2.05, 4.69) is 5.32 Å². The second-order valence-corrected chi connectivity index (χ2v) is 7.84. The van der Waals surface area contributed by atoms with Crippen LogP contribution in [-0.4, -0.2) is 29.1 Å². The summed E-state index contributed by atoms with van der Waals surface area (Å²) in [4.78, 5) is 14.3. The summed E-state index contributed by atoms with van der Waals surface area (Å²) >= 11 is 0. The molecule has 1 aliphatic heterocycles. The van der Waals surface area contributed by atoms with Crippen LogP contribution in [0.3, 0.4) is 0 Å². The largest absolute Gasteiger partial charge is 0.380 e. The van der Waals surface area contributed by atoms with Gasteiger partial charge in [0.05, 0.1) is 0 Å². The van der Waals surface area contributed by atoms with Crippen molar-refractivity contribution in [3.8, 4) is 0 Å². The van der Waals surface area contributed by atoms with Crippen molar-refractivity contribution in [2.75, 3.05) is 18.4 Å². The average Bonchev–Trinajstić information content (AvgIpc) is 2.80. The van der Waals surface area contributed by atoms with E-state index in [0.29, 0.717) is 37.1 Å². The van der Waals surface area contributed by atoms with Crippen LogP contribution >= 0.6 is 0 Å². The molecule has 31 heavy (non-hydrogen) atoms. The summed E-state index contributed by atoms with van der Waals surface area (Å²) in [6.45, 7) is 0.933. The van der Waals surface area contributed by atoms with Crippen molar-refractivity contribution >= 4 is 11.7 Å². The third kappa shape index (κ3) is 4.44. The molecule has 4 rings (SSSR count). The average molecular weight is 422 g/mol. The smallest absolute Gasteiger partial charge is 0.321 e. The molecule has 160 valence electrons. The van der Waals surface area contributed by atoms with Gasteiger partial charge >= 0.3 is 6.03 Å². The molecule has 3 aromatic carbocycles. The van der Waals surface area contributed by atoms with Gasteiger partial charge in [-0.1, -0.05) is 42.5 Å². The van der Waals surface area contributed by atoms with E-state index in [-0.39, 0.29) is 11.9 Å². The maximum atomic E-state index is 13.5. The number of rotatable bonds is 4. The molecule has 1 fully saturated rings. The van der Waals surface area contributed by atoms with Crippen molar-refractivity contribution < 1.29 is 18.7 Å². The molecule has 0 atom stereocenters. The molecule has 3 aromatic rings. The molecule has 1 aliphatic rings. The number of piperidine rings is 1. The molecule has 0 bridgehead atoms. The highest BCUT2D eigenvalue weighted by Crippen LogP contribution is 2.42. The van der Waals surface area contributed by atoms with E-state index in [0.717, 1.165) is 5.69 Å². The van der Waals surface area contributed by atoms with Gasteiger partial charge in [0.1, 0.15) is 17.2 Å². The Kier molecular flexibility index (Phi) is 6.00. The summed E-state index contributed by atoms with van der Waals surface area (Å²) in [5.41, 5.74) is 0.410. The first kappa shape index (κ1) is 21.0. The van der Waals surface area contributed by atoms with Crippen molar-refractivity contribution in [2.24, 2.45) is 5.92 Å². The molecule has 0 radical (unpaired) electrons. The first-order chi connectivity index (χ1) is 15.0. The lowest BCUT2D eigenvalue weighted by Gasteiger charge is -2.42. The lowest BCUT2D eigenvalue weighted by molar-refractivity contribution is -0.00869. The minimum Gasteiger partial charge on any atom is -0.380 e. The fraction of sp³-hybridized carbons (Fsp3) is 0.240. The van der Waals surface area contributed by atoms with Gasteiger partial charge in [-0.15, -0.1) is 0 Å². The summed E-state index contributed by atoms with van der Waals surface area (Å²) < 4.78 is 27.0. The number of nitrogens with one attached hydrogen (secondary N) is 1. The first-order valence-corrected chi connectivity index (χ1v) is 10.3. The summed E-state index contributed by atoms with van der Waals surface area (Å²) in [6, 6.07) is 20.6. The molecule has 0 spiro atoms. The Hall–Kier alpha value is -3.25. The van der Waals surface area contributed by atoms with Gasteiger partial charge in [0.2, 0.25) is 0 Å². The lowest BCUT2D eigenvalue weighted by atomic mass is 9.72. The normalized spacial score (nSPS) is 15.0. The van der Waals surface area contributed by atoms with Crippen LogP contribution in [0.2, 0.25) is 0 Å². The molecule has 2 N–H and O–H groups in total. The monoisotopic (exact) mass is 422 g/mol. The fourth-order valence-corrected chi connectivity index (χ4v) is 4.27. The number of hydrogen-bond acceptors (Lipinski definition) is 2. The van der Waals surface area contributed by atoms with Crippen LogP contribution in [0.4, 0.5) is 19.3 Å². The van der Waals surface area contributed by atoms with Crippen LogP contribution in [0.1, 0.15) is 24.0 Å². The predicted octanol–water partition coefficient (Wildman–Crippen LogP) is 5.14. The number of benzene rings is 3. The Labute approximate surface area is 180 Å². The Morgan fingerprint density at radius 1 is 0.839 bits per heavy atom. The highest BCUT2D eigenvalue weighted by atomic mass is 19.1. The van der Waals surface area contributed by atoms with Crippen molar-refractivity contribution in [2.45, 2.75) is 18.4 Å². The quantitative estimate of drug-likeness (QED) is 0.611. The topological polar surface area (TPSA) is 52.6 Å². The van der Waals surface area contributed by atoms with Gasteiger partial charge < -0.3 is 15.3 Å². The Balaban J connectivity index is 1.54. The van der Waals surface area contributed by atoms with Gasteiger partial charge in [-0.2, -0.15) is 0 Å². The van der Waals surface area contributed by atoms with Crippen molar-refractivity contribution in [3.63, 3.8) is 0 Å². The maximum absolute atomic E-state index is 13.5. The van der Waals surface area contributed by atoms with Crippen LogP contribution in [-0.2, 0) is 5.60 Å². The number of hydrogen-bond donors (Lipinski definition) is 2. The highest BCUT2D eigenvalue weighted by Gasteiger charge is 2.42. The van der Waals surface area contributed by atoms with Crippen molar-refractivity contribution in [3.05, 3.63) is 102 Å². The number of carbonyl (C=O) groups is 1. The number of halogens is 2. The minimum absolute atomic E-state index is 0.184. The number of amides is 2. The highest BCUT2D eigenvalue weighted by molar-refractivity contribution is 5.89. The predicted molar refractivity (Wildman–Crippen MR) is 116 cm³/mol. The van der Waals surface area contributed by atoms with Gasteiger partial charge in [0, 0.05) is 18.8 Å². The van der Waals surface area contributed by atoms with E-state index in [4.69, 9.17) is 0 Å². The van der Waals surface area contributed by atoms with E-state index in [1.54, 1.807) is 29.2 Å². The molecule has 0 aliphatic carbocycles. The Bertz CT molecular complexity index is 970. The van der Waals surface area contributed by atoms with Crippen LogP contribution in [0.15, 0.2) is 78.9 Å². The number of anilines is 1.